The van der Waals surface area contributed by atoms with Crippen LogP contribution in [0.1, 0.15) is 29.0 Å². The number of pyridine rings is 2. The second-order valence-electron chi connectivity index (χ2n) is 7.17. The lowest BCUT2D eigenvalue weighted by molar-refractivity contribution is -0.135. The zero-order valence-corrected chi connectivity index (χ0v) is 16.6. The first-order valence-corrected chi connectivity index (χ1v) is 9.56. The third kappa shape index (κ3) is 4.27. The Morgan fingerprint density at radius 1 is 1.16 bits per heavy atom. The first-order chi connectivity index (χ1) is 14.7. The summed E-state index contributed by atoms with van der Waals surface area (Å²) >= 11 is 0. The molecule has 4 heterocycles. The van der Waals surface area contributed by atoms with E-state index in [9.17, 15) is 18.0 Å². The lowest BCUT2D eigenvalue weighted by atomic mass is 10.1. The minimum atomic E-state index is -4.23. The predicted molar refractivity (Wildman–Crippen MR) is 108 cm³/mol. The van der Waals surface area contributed by atoms with Crippen molar-refractivity contribution in [3.8, 4) is 22.6 Å². The number of alkyl halides is 3. The number of amides is 1. The van der Waals surface area contributed by atoms with Crippen molar-refractivity contribution < 1.29 is 18.0 Å². The SMILES string of the molecule is Cc1cccc(-c2ncn(CCCC(F)(F)F)c2-c2ccc3ncc(C(N)=O)n3c2)n1. The molecule has 0 spiro atoms. The first-order valence-electron chi connectivity index (χ1n) is 9.56. The molecule has 4 aromatic heterocycles. The van der Waals surface area contributed by atoms with Crippen molar-refractivity contribution in [2.75, 3.05) is 0 Å². The van der Waals surface area contributed by atoms with Gasteiger partial charge in [-0.1, -0.05) is 6.07 Å². The maximum absolute atomic E-state index is 12.7. The molecule has 0 saturated heterocycles. The fourth-order valence-corrected chi connectivity index (χ4v) is 3.47. The zero-order chi connectivity index (χ0) is 22.2. The van der Waals surface area contributed by atoms with Crippen molar-refractivity contribution in [3.63, 3.8) is 0 Å². The Labute approximate surface area is 175 Å². The number of nitrogens with zero attached hydrogens (tertiary/aromatic N) is 5. The van der Waals surface area contributed by atoms with Crippen molar-refractivity contribution in [2.24, 2.45) is 5.73 Å². The highest BCUT2D eigenvalue weighted by atomic mass is 19.4. The van der Waals surface area contributed by atoms with Gasteiger partial charge in [0.1, 0.15) is 17.0 Å². The number of nitrogens with two attached hydrogens (primary N) is 1. The van der Waals surface area contributed by atoms with Crippen LogP contribution >= 0.6 is 0 Å². The maximum Gasteiger partial charge on any atom is 0.389 e. The van der Waals surface area contributed by atoms with Crippen LogP contribution in [0.15, 0.2) is 49.1 Å². The number of hydrogen-bond acceptors (Lipinski definition) is 4. The topological polar surface area (TPSA) is 91.1 Å². The van der Waals surface area contributed by atoms with Gasteiger partial charge >= 0.3 is 6.18 Å². The van der Waals surface area contributed by atoms with E-state index < -0.39 is 18.5 Å². The molecule has 0 saturated carbocycles. The number of halogens is 3. The predicted octanol–water partition coefficient (Wildman–Crippen LogP) is 4.01. The van der Waals surface area contributed by atoms with Crippen molar-refractivity contribution in [3.05, 3.63) is 60.4 Å². The average molecular weight is 428 g/mol. The van der Waals surface area contributed by atoms with Gasteiger partial charge in [0.05, 0.1) is 23.9 Å². The van der Waals surface area contributed by atoms with Gasteiger partial charge in [0.25, 0.3) is 5.91 Å². The Balaban J connectivity index is 1.83. The second-order valence-corrected chi connectivity index (χ2v) is 7.17. The molecule has 0 bridgehead atoms. The normalized spacial score (nSPS) is 11.9. The molecule has 31 heavy (non-hydrogen) atoms. The Kier molecular flexibility index (Phi) is 5.22. The van der Waals surface area contributed by atoms with Gasteiger partial charge in [-0.2, -0.15) is 13.2 Å². The van der Waals surface area contributed by atoms with Crippen LogP contribution < -0.4 is 5.73 Å². The van der Waals surface area contributed by atoms with Gasteiger partial charge in [-0.15, -0.1) is 0 Å². The van der Waals surface area contributed by atoms with Crippen LogP contribution in [0, 0.1) is 6.92 Å². The molecule has 0 aromatic carbocycles. The number of primary amides is 1. The lowest BCUT2D eigenvalue weighted by Crippen LogP contribution is -2.13. The molecule has 0 aliphatic rings. The summed E-state index contributed by atoms with van der Waals surface area (Å²) in [4.78, 5) is 24.8. The van der Waals surface area contributed by atoms with Crippen molar-refractivity contribution >= 4 is 11.6 Å². The van der Waals surface area contributed by atoms with Gasteiger partial charge in [-0.05, 0) is 37.6 Å². The molecule has 0 fully saturated rings. The molecule has 0 aliphatic carbocycles. The molecule has 0 aliphatic heterocycles. The summed E-state index contributed by atoms with van der Waals surface area (Å²) < 4.78 is 41.2. The summed E-state index contributed by atoms with van der Waals surface area (Å²) in [6.07, 6.45) is -0.640. The first kappa shape index (κ1) is 20.6. The summed E-state index contributed by atoms with van der Waals surface area (Å²) in [5, 5.41) is 0. The summed E-state index contributed by atoms with van der Waals surface area (Å²) in [6.45, 7) is 1.97. The highest BCUT2D eigenvalue weighted by molar-refractivity contribution is 5.92. The highest BCUT2D eigenvalue weighted by Gasteiger charge is 2.26. The Hall–Kier alpha value is -3.69. The lowest BCUT2D eigenvalue weighted by Gasteiger charge is -2.12. The average Bonchev–Trinajstić information content (AvgIpc) is 3.30. The van der Waals surface area contributed by atoms with Gasteiger partial charge < -0.3 is 10.3 Å². The summed E-state index contributed by atoms with van der Waals surface area (Å²) in [7, 11) is 0. The van der Waals surface area contributed by atoms with Crippen molar-refractivity contribution in [1.29, 1.82) is 0 Å². The molecule has 0 radical (unpaired) electrons. The minimum absolute atomic E-state index is 0.0899. The van der Waals surface area contributed by atoms with E-state index in [1.165, 1.54) is 12.5 Å². The van der Waals surface area contributed by atoms with Crippen LogP contribution in [-0.2, 0) is 6.54 Å². The van der Waals surface area contributed by atoms with E-state index in [1.54, 1.807) is 33.4 Å². The molecule has 10 heteroatoms. The zero-order valence-electron chi connectivity index (χ0n) is 16.6. The van der Waals surface area contributed by atoms with E-state index in [0.29, 0.717) is 28.3 Å². The quantitative estimate of drug-likeness (QED) is 0.502. The molecule has 2 N–H and O–H groups in total. The van der Waals surface area contributed by atoms with Crippen molar-refractivity contribution in [1.82, 2.24) is 23.9 Å². The van der Waals surface area contributed by atoms with E-state index in [4.69, 9.17) is 5.73 Å². The summed E-state index contributed by atoms with van der Waals surface area (Å²) in [5.74, 6) is -0.635. The largest absolute Gasteiger partial charge is 0.389 e. The van der Waals surface area contributed by atoms with Gasteiger partial charge in [0, 0.05) is 30.4 Å². The van der Waals surface area contributed by atoms with Crippen LogP contribution in [0.3, 0.4) is 0 Å². The second kappa shape index (κ2) is 7.86. The number of imidazole rings is 2. The molecule has 0 atom stereocenters. The highest BCUT2D eigenvalue weighted by Crippen LogP contribution is 2.32. The summed E-state index contributed by atoms with van der Waals surface area (Å²) in [6, 6.07) is 8.98. The number of hydrogen-bond donors (Lipinski definition) is 1. The third-order valence-electron chi connectivity index (χ3n) is 4.86. The third-order valence-corrected chi connectivity index (χ3v) is 4.86. The van der Waals surface area contributed by atoms with Gasteiger partial charge in [0.2, 0.25) is 0 Å². The molecule has 1 amide bonds. The van der Waals surface area contributed by atoms with E-state index in [2.05, 4.69) is 15.0 Å². The van der Waals surface area contributed by atoms with E-state index in [0.717, 1.165) is 5.69 Å². The number of fused-ring (bicyclic) bond motifs is 1. The summed E-state index contributed by atoms with van der Waals surface area (Å²) in [5.41, 5.74) is 9.34. The van der Waals surface area contributed by atoms with Crippen LogP contribution in [0.25, 0.3) is 28.3 Å². The van der Waals surface area contributed by atoms with E-state index in [1.807, 2.05) is 19.1 Å². The van der Waals surface area contributed by atoms with Gasteiger partial charge in [-0.25, -0.2) is 9.97 Å². The van der Waals surface area contributed by atoms with E-state index in [-0.39, 0.29) is 18.7 Å². The fraction of sp³-hybridized carbons (Fsp3) is 0.238. The van der Waals surface area contributed by atoms with Gasteiger partial charge in [-0.3, -0.25) is 14.2 Å². The Bertz CT molecular complexity index is 1260. The van der Waals surface area contributed by atoms with Gasteiger partial charge in [0.15, 0.2) is 0 Å². The van der Waals surface area contributed by atoms with Crippen LogP contribution in [-0.4, -0.2) is 36.0 Å². The molecule has 4 aromatic rings. The number of carbonyl (C=O) groups excluding carboxylic acids is 1. The fourth-order valence-electron chi connectivity index (χ4n) is 3.47. The Morgan fingerprint density at radius 3 is 2.68 bits per heavy atom. The molecular weight excluding hydrogens is 409 g/mol. The molecule has 7 nitrogen and oxygen atoms in total. The number of aryl methyl sites for hydroxylation is 2. The van der Waals surface area contributed by atoms with Crippen LogP contribution in [0.4, 0.5) is 13.2 Å². The molecule has 4 rings (SSSR count). The minimum Gasteiger partial charge on any atom is -0.364 e. The smallest absolute Gasteiger partial charge is 0.364 e. The number of aromatic nitrogens is 5. The van der Waals surface area contributed by atoms with Crippen molar-refractivity contribution in [2.45, 2.75) is 32.5 Å². The van der Waals surface area contributed by atoms with Crippen LogP contribution in [0.5, 0.6) is 0 Å². The van der Waals surface area contributed by atoms with E-state index >= 15 is 0 Å². The molecule has 160 valence electrons. The number of rotatable bonds is 6. The Morgan fingerprint density at radius 2 is 1.97 bits per heavy atom. The molecular formula is C21H19F3N6O. The standard InChI is InChI=1S/C21H19F3N6O/c1-13-4-2-5-15(28-13)18-19(29(12-27-18)9-3-8-21(22,23)24)14-6-7-17-26-10-16(20(25)31)30(17)11-14/h2,4-7,10-12H,3,8-9H2,1H3,(H2,25,31). The molecule has 0 unspecified atom stereocenters. The monoisotopic (exact) mass is 428 g/mol. The maximum atomic E-state index is 12.7. The number of carbonyl (C=O) groups is 1. The van der Waals surface area contributed by atoms with Crippen LogP contribution in [0.2, 0.25) is 0 Å².